The van der Waals surface area contributed by atoms with Crippen molar-refractivity contribution in [1.82, 2.24) is 9.97 Å². The Hall–Kier alpha value is -3.22. The Morgan fingerprint density at radius 1 is 1.00 bits per heavy atom. The molecule has 2 aromatic carbocycles. The average molecular weight is 390 g/mol. The summed E-state index contributed by atoms with van der Waals surface area (Å²) in [5, 5.41) is 9.09. The van der Waals surface area contributed by atoms with Crippen molar-refractivity contribution in [1.29, 1.82) is 0 Å². The van der Waals surface area contributed by atoms with Crippen LogP contribution in [0.3, 0.4) is 0 Å². The van der Waals surface area contributed by atoms with Gasteiger partial charge in [0.15, 0.2) is 5.82 Å². The fourth-order valence-electron chi connectivity index (χ4n) is 2.37. The maximum absolute atomic E-state index is 13.3. The number of nitrogens with zero attached hydrogens (tertiary/aromatic N) is 2. The lowest BCUT2D eigenvalue weighted by Crippen LogP contribution is -1.97. The van der Waals surface area contributed by atoms with Crippen molar-refractivity contribution >= 4 is 5.97 Å². The van der Waals surface area contributed by atoms with E-state index >= 15 is 0 Å². The van der Waals surface area contributed by atoms with Crippen LogP contribution in [0.15, 0.2) is 60.8 Å². The third kappa shape index (κ3) is 5.90. The summed E-state index contributed by atoms with van der Waals surface area (Å²) in [5.41, 5.74) is 2.96. The number of hydrogen-bond donors (Lipinski definition) is 1. The van der Waals surface area contributed by atoms with Crippen molar-refractivity contribution in [2.24, 2.45) is 0 Å². The molecule has 0 fully saturated rings. The van der Waals surface area contributed by atoms with Crippen LogP contribution in [0.1, 0.15) is 42.9 Å². The highest BCUT2D eigenvalue weighted by atomic mass is 20.0. The van der Waals surface area contributed by atoms with Crippen LogP contribution in [0.2, 0.25) is 0 Å². The summed E-state index contributed by atoms with van der Waals surface area (Å²) in [6.07, 6.45) is 0.607. The van der Waals surface area contributed by atoms with Crippen LogP contribution in [0.4, 0.5) is 13.5 Å². The zero-order valence-electron chi connectivity index (χ0n) is 15.7. The third-order valence-electron chi connectivity index (χ3n) is 3.69. The first-order valence-corrected chi connectivity index (χ1v) is 8.60. The van der Waals surface area contributed by atoms with Crippen LogP contribution >= 0.6 is 0 Å². The number of aromatic carboxylic acids is 1. The van der Waals surface area contributed by atoms with Crippen LogP contribution in [0.5, 0.6) is 0 Å². The molecule has 0 radical (unpaired) electrons. The summed E-state index contributed by atoms with van der Waals surface area (Å²) in [5.74, 6) is -0.553. The highest BCUT2D eigenvalue weighted by Crippen LogP contribution is 2.24. The van der Waals surface area contributed by atoms with Gasteiger partial charge in [0, 0.05) is 26.5 Å². The van der Waals surface area contributed by atoms with Gasteiger partial charge in [0.25, 0.3) is 0 Å². The highest BCUT2D eigenvalue weighted by molar-refractivity contribution is 5.89. The van der Waals surface area contributed by atoms with Gasteiger partial charge in [-0.25, -0.2) is 19.2 Å². The normalized spacial score (nSPS) is 10.6. The van der Waals surface area contributed by atoms with Gasteiger partial charge >= 0.3 is 5.97 Å². The molecule has 1 N–H and O–H groups in total. The smallest absolute Gasteiger partial charge is 0.335 e. The van der Waals surface area contributed by atoms with E-state index in [9.17, 15) is 9.18 Å². The summed E-state index contributed by atoms with van der Waals surface area (Å²) in [6.45, 7) is 5.49. The molecule has 0 aliphatic carbocycles. The van der Waals surface area contributed by atoms with Crippen LogP contribution in [-0.2, 0) is 0 Å². The van der Waals surface area contributed by atoms with E-state index in [0.29, 0.717) is 22.6 Å². The van der Waals surface area contributed by atoms with Crippen molar-refractivity contribution < 1.29 is 23.4 Å². The molecule has 3 rings (SSSR count). The largest absolute Gasteiger partial charge is 0.478 e. The first kappa shape index (κ1) is 22.8. The highest BCUT2D eigenvalue weighted by Gasteiger charge is 2.09. The second-order valence-corrected chi connectivity index (χ2v) is 5.39. The van der Waals surface area contributed by atoms with Gasteiger partial charge in [-0.3, -0.25) is 0 Å². The fraction of sp³-hybridized carbons (Fsp3) is 0.190. The minimum Gasteiger partial charge on any atom is -0.478 e. The van der Waals surface area contributed by atoms with Gasteiger partial charge in [-0.15, -0.1) is 0 Å². The Morgan fingerprint density at radius 2 is 1.64 bits per heavy atom. The summed E-state index contributed by atoms with van der Waals surface area (Å²) in [4.78, 5) is 19.8. The van der Waals surface area contributed by atoms with Gasteiger partial charge in [0.1, 0.15) is 6.17 Å². The molecule has 0 saturated carbocycles. The molecule has 0 amide bonds. The molecule has 1 aromatic heterocycles. The van der Waals surface area contributed by atoms with Crippen molar-refractivity contribution in [3.05, 3.63) is 71.9 Å². The Kier molecular flexibility index (Phi) is 9.36. The van der Waals surface area contributed by atoms with Gasteiger partial charge < -0.3 is 5.11 Å². The summed E-state index contributed by atoms with van der Waals surface area (Å²) >= 11 is 0. The van der Waals surface area contributed by atoms with Crippen LogP contribution in [0.25, 0.3) is 22.6 Å². The lowest BCUT2D eigenvalue weighted by atomic mass is 10.1. The number of aromatic nitrogens is 2. The topological polar surface area (TPSA) is 63.1 Å². The number of alkyl halides is 1. The number of benzene rings is 2. The van der Waals surface area contributed by atoms with E-state index in [1.54, 1.807) is 36.5 Å². The second kappa shape index (κ2) is 11.5. The number of carbonyl (C=O) groups is 1. The number of hydrogen-bond acceptors (Lipinski definition) is 3. The van der Waals surface area contributed by atoms with E-state index in [0.717, 1.165) is 5.56 Å². The van der Waals surface area contributed by atoms with E-state index in [1.165, 1.54) is 19.1 Å². The number of halogens is 3. The average Bonchev–Trinajstić information content (AvgIpc) is 2.77. The monoisotopic (exact) mass is 390 g/mol. The minimum atomic E-state index is -1.02. The summed E-state index contributed by atoms with van der Waals surface area (Å²) in [7, 11) is 0. The molecule has 4 nitrogen and oxygen atoms in total. The lowest BCUT2D eigenvalue weighted by Gasteiger charge is -2.07. The standard InChI is InChI=1S/C19H15FN2O2.C2H6.F2/c1-12(20)13-5-7-14(8-6-13)17-9-10-21-18(22-17)15-3-2-4-16(11-15)19(23)24;2*1-2/h2-12H,1H3,(H,23,24);1-2H3;. The predicted octanol–water partition coefficient (Wildman–Crippen LogP) is 6.41. The van der Waals surface area contributed by atoms with E-state index in [4.69, 9.17) is 14.3 Å². The van der Waals surface area contributed by atoms with Crippen LogP contribution in [-0.4, -0.2) is 21.0 Å². The maximum Gasteiger partial charge on any atom is 0.335 e. The zero-order valence-corrected chi connectivity index (χ0v) is 15.7. The minimum absolute atomic E-state index is 0.183. The van der Waals surface area contributed by atoms with E-state index in [-0.39, 0.29) is 5.56 Å². The van der Waals surface area contributed by atoms with Crippen LogP contribution < -0.4 is 0 Å². The Balaban J connectivity index is 0.000000921. The fourth-order valence-corrected chi connectivity index (χ4v) is 2.37. The molecular formula is C21H21F3N2O2. The first-order valence-electron chi connectivity index (χ1n) is 8.60. The Morgan fingerprint density at radius 3 is 2.21 bits per heavy atom. The van der Waals surface area contributed by atoms with E-state index in [1.807, 2.05) is 26.0 Å². The Labute approximate surface area is 161 Å². The molecule has 1 heterocycles. The second-order valence-electron chi connectivity index (χ2n) is 5.39. The van der Waals surface area contributed by atoms with Gasteiger partial charge in [0.2, 0.25) is 0 Å². The van der Waals surface area contributed by atoms with Gasteiger partial charge in [-0.2, -0.15) is 0 Å². The number of rotatable bonds is 4. The van der Waals surface area contributed by atoms with E-state index in [2.05, 4.69) is 9.97 Å². The first-order chi connectivity index (χ1) is 13.5. The molecule has 7 heteroatoms. The quantitative estimate of drug-likeness (QED) is 0.559. The Bertz CT molecular complexity index is 885. The van der Waals surface area contributed by atoms with Crippen LogP contribution in [0, 0.1) is 0 Å². The maximum atomic E-state index is 13.3. The number of carboxylic acids is 1. The summed E-state index contributed by atoms with van der Waals surface area (Å²) in [6, 6.07) is 15.3. The van der Waals surface area contributed by atoms with Crippen molar-refractivity contribution in [3.8, 4) is 22.6 Å². The van der Waals surface area contributed by atoms with Crippen molar-refractivity contribution in [2.75, 3.05) is 0 Å². The molecule has 0 aliphatic heterocycles. The van der Waals surface area contributed by atoms with E-state index < -0.39 is 12.1 Å². The molecule has 0 spiro atoms. The molecule has 28 heavy (non-hydrogen) atoms. The summed E-state index contributed by atoms with van der Waals surface area (Å²) < 4.78 is 29.3. The van der Waals surface area contributed by atoms with Crippen molar-refractivity contribution in [3.63, 3.8) is 0 Å². The molecule has 0 bridgehead atoms. The molecule has 148 valence electrons. The third-order valence-corrected chi connectivity index (χ3v) is 3.69. The molecule has 1 atom stereocenters. The molecular weight excluding hydrogens is 369 g/mol. The zero-order chi connectivity index (χ0) is 21.1. The van der Waals surface area contributed by atoms with Gasteiger partial charge in [0.05, 0.1) is 11.3 Å². The molecule has 3 aromatic rings. The van der Waals surface area contributed by atoms with Gasteiger partial charge in [-0.05, 0) is 30.7 Å². The number of carboxylic acid groups (broad SMARTS) is 1. The molecule has 0 aliphatic rings. The molecule has 0 saturated heterocycles. The lowest BCUT2D eigenvalue weighted by molar-refractivity contribution is 0.0697. The predicted molar refractivity (Wildman–Crippen MR) is 103 cm³/mol. The van der Waals surface area contributed by atoms with Crippen molar-refractivity contribution in [2.45, 2.75) is 26.9 Å². The SMILES string of the molecule is CC.CC(F)c1ccc(-c2ccnc(-c3cccc(C(=O)O)c3)n2)cc1.FF. The van der Waals surface area contributed by atoms with Gasteiger partial charge in [-0.1, -0.05) is 50.2 Å². The molecule has 1 unspecified atom stereocenters.